The van der Waals surface area contributed by atoms with Gasteiger partial charge in [-0.05, 0) is 34.1 Å². The first-order valence-corrected chi connectivity index (χ1v) is 6.31. The average molecular weight is 321 g/mol. The zero-order chi connectivity index (χ0) is 13.8. The third-order valence-corrected chi connectivity index (χ3v) is 3.44. The molecule has 2 rings (SSSR count). The largest absolute Gasteiger partial charge is 0.508 e. The molecule has 0 radical (unpaired) electrons. The Balaban J connectivity index is 2.20. The molecule has 0 unspecified atom stereocenters. The summed E-state index contributed by atoms with van der Waals surface area (Å²) in [6.07, 6.45) is 0. The lowest BCUT2D eigenvalue weighted by Gasteiger charge is -2.10. The first-order chi connectivity index (χ1) is 9.13. The normalized spacial score (nSPS) is 9.95. The van der Waals surface area contributed by atoms with Gasteiger partial charge in [0.25, 0.3) is 0 Å². The maximum atomic E-state index is 13.9. The van der Waals surface area contributed by atoms with Crippen LogP contribution in [0.3, 0.4) is 0 Å². The fraction of sp³-hybridized carbons (Fsp3) is 0.0714. The van der Waals surface area contributed by atoms with Gasteiger partial charge in [0.1, 0.15) is 11.8 Å². The van der Waals surface area contributed by atoms with E-state index >= 15 is 0 Å². The summed E-state index contributed by atoms with van der Waals surface area (Å²) in [5, 5.41) is 21.3. The van der Waals surface area contributed by atoms with Crippen molar-refractivity contribution in [1.29, 1.82) is 5.26 Å². The minimum Gasteiger partial charge on any atom is -0.508 e. The lowest BCUT2D eigenvalue weighted by molar-refractivity contribution is 0.469. The van der Waals surface area contributed by atoms with Gasteiger partial charge in [-0.15, -0.1) is 0 Å². The summed E-state index contributed by atoms with van der Waals surface area (Å²) in [4.78, 5) is 0. The van der Waals surface area contributed by atoms with Crippen molar-refractivity contribution < 1.29 is 9.50 Å². The number of phenols is 1. The Hall–Kier alpha value is -2.06. The van der Waals surface area contributed by atoms with Crippen LogP contribution in [0.2, 0.25) is 0 Å². The van der Waals surface area contributed by atoms with Gasteiger partial charge in [0.05, 0.1) is 15.7 Å². The summed E-state index contributed by atoms with van der Waals surface area (Å²) in [5.74, 6) is -0.363. The maximum Gasteiger partial charge on any atom is 0.161 e. The molecule has 5 heteroatoms. The summed E-state index contributed by atoms with van der Waals surface area (Å²) in [6, 6.07) is 11.8. The van der Waals surface area contributed by atoms with E-state index in [4.69, 9.17) is 5.26 Å². The molecule has 2 aromatic carbocycles. The fourth-order valence-electron chi connectivity index (χ4n) is 1.62. The van der Waals surface area contributed by atoms with Crippen LogP contribution in [0.1, 0.15) is 11.1 Å². The summed E-state index contributed by atoms with van der Waals surface area (Å²) >= 11 is 3.05. The molecule has 0 amide bonds. The number of anilines is 1. The molecule has 0 aromatic heterocycles. The topological polar surface area (TPSA) is 56.0 Å². The Morgan fingerprint density at radius 1 is 1.26 bits per heavy atom. The highest BCUT2D eigenvalue weighted by atomic mass is 79.9. The van der Waals surface area contributed by atoms with Crippen LogP contribution in [0.4, 0.5) is 10.1 Å². The number of nitrogens with one attached hydrogen (secondary N) is 1. The molecule has 0 fully saturated rings. The Morgan fingerprint density at radius 3 is 2.68 bits per heavy atom. The molecule has 0 saturated carbocycles. The highest BCUT2D eigenvalue weighted by Crippen LogP contribution is 2.27. The van der Waals surface area contributed by atoms with Gasteiger partial charge in [0, 0.05) is 12.1 Å². The number of benzene rings is 2. The second-order valence-corrected chi connectivity index (χ2v) is 4.68. The van der Waals surface area contributed by atoms with Gasteiger partial charge < -0.3 is 10.4 Å². The third-order valence-electron chi connectivity index (χ3n) is 2.66. The molecular weight excluding hydrogens is 311 g/mol. The highest BCUT2D eigenvalue weighted by Gasteiger charge is 2.11. The van der Waals surface area contributed by atoms with Crippen LogP contribution in [0.25, 0.3) is 0 Å². The molecule has 0 aliphatic carbocycles. The highest BCUT2D eigenvalue weighted by molar-refractivity contribution is 9.10. The number of hydrogen-bond donors (Lipinski definition) is 2. The number of nitriles is 1. The predicted molar refractivity (Wildman–Crippen MR) is 74.2 cm³/mol. The quantitative estimate of drug-likeness (QED) is 0.904. The van der Waals surface area contributed by atoms with Gasteiger partial charge in [-0.2, -0.15) is 5.26 Å². The lowest BCUT2D eigenvalue weighted by atomic mass is 10.2. The first kappa shape index (κ1) is 13.4. The molecule has 2 aromatic rings. The predicted octanol–water partition coefficient (Wildman–Crippen LogP) is 3.78. The molecule has 96 valence electrons. The van der Waals surface area contributed by atoms with Crippen LogP contribution in [0.15, 0.2) is 40.9 Å². The number of rotatable bonds is 3. The van der Waals surface area contributed by atoms with Crippen LogP contribution in [-0.4, -0.2) is 5.11 Å². The molecule has 0 saturated heterocycles. The molecule has 0 atom stereocenters. The Labute approximate surface area is 118 Å². The fourth-order valence-corrected chi connectivity index (χ4v) is 2.06. The van der Waals surface area contributed by atoms with Gasteiger partial charge in [-0.25, -0.2) is 4.39 Å². The van der Waals surface area contributed by atoms with E-state index in [1.54, 1.807) is 24.3 Å². The molecule has 3 nitrogen and oxygen atoms in total. The maximum absolute atomic E-state index is 13.9. The Bertz CT molecular complexity index is 652. The van der Waals surface area contributed by atoms with E-state index in [2.05, 4.69) is 21.2 Å². The number of phenolic OH excluding ortho intramolecular Hbond substituents is 1. The summed E-state index contributed by atoms with van der Waals surface area (Å²) in [5.41, 5.74) is 1.18. The first-order valence-electron chi connectivity index (χ1n) is 5.52. The van der Waals surface area contributed by atoms with E-state index in [0.29, 0.717) is 12.1 Å². The smallest absolute Gasteiger partial charge is 0.161 e. The van der Waals surface area contributed by atoms with Crippen molar-refractivity contribution in [1.82, 2.24) is 0 Å². The third kappa shape index (κ3) is 2.85. The number of halogens is 2. The zero-order valence-electron chi connectivity index (χ0n) is 9.82. The van der Waals surface area contributed by atoms with Crippen molar-refractivity contribution in [2.45, 2.75) is 6.54 Å². The monoisotopic (exact) mass is 320 g/mol. The van der Waals surface area contributed by atoms with Gasteiger partial charge >= 0.3 is 0 Å². The van der Waals surface area contributed by atoms with Crippen molar-refractivity contribution in [3.63, 3.8) is 0 Å². The molecule has 19 heavy (non-hydrogen) atoms. The van der Waals surface area contributed by atoms with Crippen LogP contribution in [0.5, 0.6) is 5.75 Å². The van der Waals surface area contributed by atoms with E-state index in [1.165, 1.54) is 12.1 Å². The minimum atomic E-state index is -0.519. The second-order valence-electron chi connectivity index (χ2n) is 3.88. The van der Waals surface area contributed by atoms with Gasteiger partial charge in [-0.3, -0.25) is 0 Å². The molecule has 0 aliphatic rings. The van der Waals surface area contributed by atoms with Crippen molar-refractivity contribution in [3.05, 3.63) is 57.8 Å². The standard InChI is InChI=1S/C14H10BrFN2O/c15-13-9(7-17)5-6-11(14(13)16)18-8-10-3-1-2-4-12(10)19/h1-6,18-19H,8H2. The van der Waals surface area contributed by atoms with Crippen LogP contribution >= 0.6 is 15.9 Å². The van der Waals surface area contributed by atoms with E-state index in [-0.39, 0.29) is 21.5 Å². The van der Waals surface area contributed by atoms with Crippen LogP contribution < -0.4 is 5.32 Å². The number of aromatic hydroxyl groups is 1. The minimum absolute atomic E-state index is 0.136. The SMILES string of the molecule is N#Cc1ccc(NCc2ccccc2O)c(F)c1Br. The van der Waals surface area contributed by atoms with Gasteiger partial charge in [0.15, 0.2) is 5.82 Å². The summed E-state index contributed by atoms with van der Waals surface area (Å²) < 4.78 is 14.1. The number of para-hydroxylation sites is 1. The molecule has 0 bridgehead atoms. The van der Waals surface area contributed by atoms with Crippen LogP contribution in [-0.2, 0) is 6.54 Å². The van der Waals surface area contributed by atoms with E-state index in [9.17, 15) is 9.50 Å². The summed E-state index contributed by atoms with van der Waals surface area (Å²) in [6.45, 7) is 0.294. The van der Waals surface area contributed by atoms with Crippen molar-refractivity contribution in [2.24, 2.45) is 0 Å². The van der Waals surface area contributed by atoms with Crippen molar-refractivity contribution in [3.8, 4) is 11.8 Å². The second kappa shape index (κ2) is 5.72. The molecule has 2 N–H and O–H groups in total. The zero-order valence-corrected chi connectivity index (χ0v) is 11.4. The number of hydrogen-bond acceptors (Lipinski definition) is 3. The lowest BCUT2D eigenvalue weighted by Crippen LogP contribution is -2.02. The molecular formula is C14H10BrFN2O. The Morgan fingerprint density at radius 2 is 2.00 bits per heavy atom. The van der Waals surface area contributed by atoms with E-state index in [1.807, 2.05) is 6.07 Å². The number of nitrogens with zero attached hydrogens (tertiary/aromatic N) is 1. The van der Waals surface area contributed by atoms with E-state index in [0.717, 1.165) is 0 Å². The molecule has 0 heterocycles. The van der Waals surface area contributed by atoms with Crippen molar-refractivity contribution in [2.75, 3.05) is 5.32 Å². The van der Waals surface area contributed by atoms with Gasteiger partial charge in [0.2, 0.25) is 0 Å². The van der Waals surface area contributed by atoms with Crippen LogP contribution in [0, 0.1) is 17.1 Å². The molecule has 0 spiro atoms. The van der Waals surface area contributed by atoms with Gasteiger partial charge in [-0.1, -0.05) is 18.2 Å². The van der Waals surface area contributed by atoms with Crippen molar-refractivity contribution >= 4 is 21.6 Å². The summed E-state index contributed by atoms with van der Waals surface area (Å²) in [7, 11) is 0. The average Bonchev–Trinajstić information content (AvgIpc) is 2.42. The molecule has 0 aliphatic heterocycles. The van der Waals surface area contributed by atoms with E-state index < -0.39 is 5.82 Å². The Kier molecular flexibility index (Phi) is 4.03.